The third-order valence-corrected chi connectivity index (χ3v) is 2.62. The van der Waals surface area contributed by atoms with Crippen molar-refractivity contribution in [2.45, 2.75) is 13.3 Å². The van der Waals surface area contributed by atoms with Gasteiger partial charge in [0.25, 0.3) is 5.91 Å². The van der Waals surface area contributed by atoms with Crippen LogP contribution in [0.15, 0.2) is 6.20 Å². The fraction of sp³-hybridized carbons (Fsp3) is 0.375. The number of aryl methyl sites for hydroxylation is 1. The number of rotatable bonds is 4. The van der Waals surface area contributed by atoms with Crippen LogP contribution in [0.3, 0.4) is 0 Å². The smallest absolute Gasteiger partial charge is 0.322 e. The van der Waals surface area contributed by atoms with Crippen LogP contribution >= 0.6 is 11.3 Å². The van der Waals surface area contributed by atoms with E-state index in [1.54, 1.807) is 0 Å². The normalized spacial score (nSPS) is 9.79. The molecule has 0 saturated carbocycles. The zero-order valence-corrected chi connectivity index (χ0v) is 8.43. The number of aliphatic carboxylic acids is 1. The van der Waals surface area contributed by atoms with Gasteiger partial charge in [-0.3, -0.25) is 9.59 Å². The highest BCUT2D eigenvalue weighted by atomic mass is 32.1. The first-order valence-electron chi connectivity index (χ1n) is 4.08. The number of carbonyl (C=O) groups is 2. The second kappa shape index (κ2) is 4.71. The lowest BCUT2D eigenvalue weighted by Gasteiger charge is -1.97. The molecule has 6 heteroatoms. The topological polar surface area (TPSA) is 79.3 Å². The second-order valence-electron chi connectivity index (χ2n) is 2.55. The Balaban J connectivity index is 2.56. The first-order valence-corrected chi connectivity index (χ1v) is 4.89. The largest absolute Gasteiger partial charge is 0.480 e. The van der Waals surface area contributed by atoms with Gasteiger partial charge >= 0.3 is 5.97 Å². The van der Waals surface area contributed by atoms with Crippen molar-refractivity contribution < 1.29 is 14.7 Å². The Morgan fingerprint density at radius 3 is 2.86 bits per heavy atom. The molecule has 0 saturated heterocycles. The van der Waals surface area contributed by atoms with Gasteiger partial charge in [-0.15, -0.1) is 11.3 Å². The average Bonchev–Trinajstić information content (AvgIpc) is 2.62. The summed E-state index contributed by atoms with van der Waals surface area (Å²) in [5.41, 5.74) is 0. The molecule has 0 atom stereocenters. The molecule has 76 valence electrons. The zero-order chi connectivity index (χ0) is 10.6. The lowest BCUT2D eigenvalue weighted by Crippen LogP contribution is -2.28. The first kappa shape index (κ1) is 10.6. The van der Waals surface area contributed by atoms with Gasteiger partial charge in [-0.05, 0) is 6.42 Å². The number of aromatic nitrogens is 1. The molecule has 1 aromatic rings. The molecule has 0 bridgehead atoms. The number of hydrogen-bond donors (Lipinski definition) is 2. The van der Waals surface area contributed by atoms with Crippen molar-refractivity contribution in [3.05, 3.63) is 16.1 Å². The first-order chi connectivity index (χ1) is 6.63. The Labute approximate surface area is 84.8 Å². The maximum atomic E-state index is 11.3. The van der Waals surface area contributed by atoms with Gasteiger partial charge in [-0.25, -0.2) is 4.98 Å². The standard InChI is InChI=1S/C8H10N2O3S/c1-2-6-9-3-5(14-6)8(13)10-4-7(11)12/h3H,2,4H2,1H3,(H,10,13)(H,11,12). The van der Waals surface area contributed by atoms with E-state index in [0.29, 0.717) is 4.88 Å². The maximum absolute atomic E-state index is 11.3. The molecule has 0 aliphatic carbocycles. The van der Waals surface area contributed by atoms with Crippen LogP contribution in [0.25, 0.3) is 0 Å². The van der Waals surface area contributed by atoms with Crippen LogP contribution in [-0.2, 0) is 11.2 Å². The summed E-state index contributed by atoms with van der Waals surface area (Å²) in [5, 5.41) is 11.5. The number of amides is 1. The molecule has 1 rings (SSSR count). The fourth-order valence-electron chi connectivity index (χ4n) is 0.822. The summed E-state index contributed by atoms with van der Waals surface area (Å²) < 4.78 is 0. The van der Waals surface area contributed by atoms with Crippen LogP contribution < -0.4 is 5.32 Å². The molecule has 0 aliphatic rings. The van der Waals surface area contributed by atoms with Crippen molar-refractivity contribution in [2.75, 3.05) is 6.54 Å². The lowest BCUT2D eigenvalue weighted by molar-refractivity contribution is -0.135. The molecule has 1 amide bonds. The van der Waals surface area contributed by atoms with E-state index in [0.717, 1.165) is 11.4 Å². The molecule has 0 radical (unpaired) electrons. The van der Waals surface area contributed by atoms with E-state index < -0.39 is 5.97 Å². The Bertz CT molecular complexity index is 348. The van der Waals surface area contributed by atoms with Crippen molar-refractivity contribution in [3.8, 4) is 0 Å². The van der Waals surface area contributed by atoms with Crippen LogP contribution in [0, 0.1) is 0 Å². The molecular weight excluding hydrogens is 204 g/mol. The van der Waals surface area contributed by atoms with E-state index in [9.17, 15) is 9.59 Å². The predicted molar refractivity (Wildman–Crippen MR) is 51.5 cm³/mol. The van der Waals surface area contributed by atoms with Crippen LogP contribution in [0.1, 0.15) is 21.6 Å². The van der Waals surface area contributed by atoms with E-state index in [1.807, 2.05) is 6.92 Å². The fourth-order valence-corrected chi connectivity index (χ4v) is 1.60. The van der Waals surface area contributed by atoms with Crippen molar-refractivity contribution >= 4 is 23.2 Å². The SMILES string of the molecule is CCc1ncc(C(=O)NCC(=O)O)s1. The summed E-state index contributed by atoms with van der Waals surface area (Å²) in [4.78, 5) is 25.9. The average molecular weight is 214 g/mol. The van der Waals surface area contributed by atoms with Gasteiger partial charge in [0.15, 0.2) is 0 Å². The van der Waals surface area contributed by atoms with Crippen LogP contribution in [-0.4, -0.2) is 28.5 Å². The second-order valence-corrected chi connectivity index (χ2v) is 3.66. The van der Waals surface area contributed by atoms with Gasteiger partial charge < -0.3 is 10.4 Å². The van der Waals surface area contributed by atoms with Gasteiger partial charge in [-0.2, -0.15) is 0 Å². The van der Waals surface area contributed by atoms with E-state index in [-0.39, 0.29) is 12.5 Å². The summed E-state index contributed by atoms with van der Waals surface area (Å²) in [6.07, 6.45) is 2.23. The molecule has 1 heterocycles. The number of nitrogens with one attached hydrogen (secondary N) is 1. The molecule has 0 fully saturated rings. The molecule has 0 aliphatic heterocycles. The molecule has 5 nitrogen and oxygen atoms in total. The minimum absolute atomic E-state index is 0.363. The van der Waals surface area contributed by atoms with Crippen LogP contribution in [0.5, 0.6) is 0 Å². The van der Waals surface area contributed by atoms with Gasteiger partial charge in [-0.1, -0.05) is 6.92 Å². The molecular formula is C8H10N2O3S. The Kier molecular flexibility index (Phi) is 3.58. The number of carbonyl (C=O) groups excluding carboxylic acids is 1. The number of nitrogens with zero attached hydrogens (tertiary/aromatic N) is 1. The molecule has 2 N–H and O–H groups in total. The van der Waals surface area contributed by atoms with E-state index in [2.05, 4.69) is 10.3 Å². The zero-order valence-electron chi connectivity index (χ0n) is 7.61. The summed E-state index contributed by atoms with van der Waals surface area (Å²) >= 11 is 1.28. The third kappa shape index (κ3) is 2.81. The molecule has 0 unspecified atom stereocenters. The van der Waals surface area contributed by atoms with Gasteiger partial charge in [0, 0.05) is 0 Å². The Morgan fingerprint density at radius 1 is 1.64 bits per heavy atom. The van der Waals surface area contributed by atoms with E-state index in [1.165, 1.54) is 17.5 Å². The lowest BCUT2D eigenvalue weighted by atomic mass is 10.5. The van der Waals surface area contributed by atoms with Crippen molar-refractivity contribution in [3.63, 3.8) is 0 Å². The number of carboxylic acid groups (broad SMARTS) is 1. The van der Waals surface area contributed by atoms with Crippen molar-refractivity contribution in [2.24, 2.45) is 0 Å². The summed E-state index contributed by atoms with van der Waals surface area (Å²) in [6, 6.07) is 0. The molecule has 0 spiro atoms. The summed E-state index contributed by atoms with van der Waals surface area (Å²) in [7, 11) is 0. The monoisotopic (exact) mass is 214 g/mol. The summed E-state index contributed by atoms with van der Waals surface area (Å²) in [6.45, 7) is 1.58. The molecule has 1 aromatic heterocycles. The highest BCUT2D eigenvalue weighted by Gasteiger charge is 2.10. The van der Waals surface area contributed by atoms with Crippen molar-refractivity contribution in [1.82, 2.24) is 10.3 Å². The number of thiazole rings is 1. The Hall–Kier alpha value is -1.43. The van der Waals surface area contributed by atoms with Gasteiger partial charge in [0.05, 0.1) is 11.2 Å². The van der Waals surface area contributed by atoms with Crippen molar-refractivity contribution in [1.29, 1.82) is 0 Å². The van der Waals surface area contributed by atoms with Crippen LogP contribution in [0.2, 0.25) is 0 Å². The maximum Gasteiger partial charge on any atom is 0.322 e. The Morgan fingerprint density at radius 2 is 2.36 bits per heavy atom. The highest BCUT2D eigenvalue weighted by Crippen LogP contribution is 2.12. The number of hydrogen-bond acceptors (Lipinski definition) is 4. The minimum Gasteiger partial charge on any atom is -0.480 e. The quantitative estimate of drug-likeness (QED) is 0.765. The summed E-state index contributed by atoms with van der Waals surface area (Å²) in [5.74, 6) is -1.44. The van der Waals surface area contributed by atoms with Gasteiger partial charge in [0.1, 0.15) is 11.4 Å². The van der Waals surface area contributed by atoms with Crippen LogP contribution in [0.4, 0.5) is 0 Å². The highest BCUT2D eigenvalue weighted by molar-refractivity contribution is 7.13. The number of carboxylic acids is 1. The molecule has 14 heavy (non-hydrogen) atoms. The van der Waals surface area contributed by atoms with Gasteiger partial charge in [0.2, 0.25) is 0 Å². The minimum atomic E-state index is -1.06. The molecule has 0 aromatic carbocycles. The van der Waals surface area contributed by atoms with E-state index in [4.69, 9.17) is 5.11 Å². The van der Waals surface area contributed by atoms with E-state index >= 15 is 0 Å². The third-order valence-electron chi connectivity index (χ3n) is 1.48. The predicted octanol–water partition coefficient (Wildman–Crippen LogP) is 0.520.